The van der Waals surface area contributed by atoms with Crippen molar-refractivity contribution < 1.29 is 9.59 Å². The molecule has 24 heavy (non-hydrogen) atoms. The van der Waals surface area contributed by atoms with Crippen LogP contribution in [0.4, 0.5) is 5.69 Å². The van der Waals surface area contributed by atoms with Gasteiger partial charge in [0, 0.05) is 34.4 Å². The molecule has 2 aromatic carbocycles. The summed E-state index contributed by atoms with van der Waals surface area (Å²) < 4.78 is 0. The van der Waals surface area contributed by atoms with Crippen LogP contribution in [0, 0.1) is 0 Å². The number of anilines is 1. The van der Waals surface area contributed by atoms with E-state index in [0.717, 1.165) is 5.69 Å². The number of amides is 2. The van der Waals surface area contributed by atoms with E-state index in [9.17, 15) is 9.59 Å². The van der Waals surface area contributed by atoms with Crippen LogP contribution in [0.3, 0.4) is 0 Å². The smallest absolute Gasteiger partial charge is 0.254 e. The molecule has 0 spiro atoms. The van der Waals surface area contributed by atoms with Gasteiger partial charge in [0.05, 0.1) is 0 Å². The molecule has 1 saturated heterocycles. The molecule has 2 amide bonds. The van der Waals surface area contributed by atoms with Gasteiger partial charge in [0.1, 0.15) is 6.04 Å². The second kappa shape index (κ2) is 6.83. The zero-order chi connectivity index (χ0) is 17.3. The fourth-order valence-corrected chi connectivity index (χ4v) is 3.13. The predicted molar refractivity (Wildman–Crippen MR) is 95.8 cm³/mol. The van der Waals surface area contributed by atoms with Crippen LogP contribution in [0.2, 0.25) is 10.0 Å². The van der Waals surface area contributed by atoms with Crippen LogP contribution < -0.4 is 4.90 Å². The summed E-state index contributed by atoms with van der Waals surface area (Å²) >= 11 is 11.8. The van der Waals surface area contributed by atoms with Crippen LogP contribution in [-0.4, -0.2) is 35.8 Å². The van der Waals surface area contributed by atoms with Crippen molar-refractivity contribution in [3.8, 4) is 0 Å². The van der Waals surface area contributed by atoms with E-state index in [0.29, 0.717) is 28.7 Å². The van der Waals surface area contributed by atoms with Crippen molar-refractivity contribution in [1.29, 1.82) is 0 Å². The van der Waals surface area contributed by atoms with Crippen LogP contribution in [0.5, 0.6) is 0 Å². The Hall–Kier alpha value is -2.04. The monoisotopic (exact) mass is 362 g/mol. The highest BCUT2D eigenvalue weighted by atomic mass is 35.5. The van der Waals surface area contributed by atoms with Gasteiger partial charge in [-0.15, -0.1) is 0 Å². The minimum absolute atomic E-state index is 0.112. The zero-order valence-electron chi connectivity index (χ0n) is 13.1. The Balaban J connectivity index is 1.79. The van der Waals surface area contributed by atoms with E-state index in [1.54, 1.807) is 65.3 Å². The summed E-state index contributed by atoms with van der Waals surface area (Å²) in [6, 6.07) is 13.3. The number of halogens is 2. The molecule has 0 bridgehead atoms. The SMILES string of the molecule is CC1C(=O)N(c2ccc(Cl)cc2)CCN1C(=O)c1cccc(Cl)c1. The van der Waals surface area contributed by atoms with Gasteiger partial charge >= 0.3 is 0 Å². The van der Waals surface area contributed by atoms with Crippen LogP contribution in [-0.2, 0) is 4.79 Å². The van der Waals surface area contributed by atoms with Crippen molar-refractivity contribution in [2.24, 2.45) is 0 Å². The highest BCUT2D eigenvalue weighted by Gasteiger charge is 2.35. The Morgan fingerprint density at radius 1 is 1.04 bits per heavy atom. The number of nitrogens with zero attached hydrogens (tertiary/aromatic N) is 2. The summed E-state index contributed by atoms with van der Waals surface area (Å²) in [7, 11) is 0. The largest absolute Gasteiger partial charge is 0.325 e. The van der Waals surface area contributed by atoms with Crippen molar-refractivity contribution in [3.05, 3.63) is 64.1 Å². The molecule has 6 heteroatoms. The van der Waals surface area contributed by atoms with Gasteiger partial charge in [-0.25, -0.2) is 0 Å². The van der Waals surface area contributed by atoms with E-state index in [1.165, 1.54) is 0 Å². The van der Waals surface area contributed by atoms with E-state index in [1.807, 2.05) is 0 Å². The number of benzene rings is 2. The number of carbonyl (C=O) groups excluding carboxylic acids is 2. The lowest BCUT2D eigenvalue weighted by Gasteiger charge is -2.39. The minimum atomic E-state index is -0.541. The minimum Gasteiger partial charge on any atom is -0.325 e. The lowest BCUT2D eigenvalue weighted by Crippen LogP contribution is -2.57. The normalized spacial score (nSPS) is 18.0. The average Bonchev–Trinajstić information content (AvgIpc) is 2.58. The lowest BCUT2D eigenvalue weighted by molar-refractivity contribution is -0.124. The maximum atomic E-state index is 12.7. The molecule has 0 aromatic heterocycles. The molecule has 1 unspecified atom stereocenters. The molecule has 1 fully saturated rings. The Morgan fingerprint density at radius 3 is 2.42 bits per heavy atom. The van der Waals surface area contributed by atoms with Crippen LogP contribution in [0.25, 0.3) is 0 Å². The van der Waals surface area contributed by atoms with Gasteiger partial charge in [-0.3, -0.25) is 9.59 Å². The molecule has 2 aromatic rings. The van der Waals surface area contributed by atoms with Crippen LogP contribution in [0.1, 0.15) is 17.3 Å². The van der Waals surface area contributed by atoms with Crippen molar-refractivity contribution in [2.45, 2.75) is 13.0 Å². The number of piperazine rings is 1. The van der Waals surface area contributed by atoms with Crippen LogP contribution in [0.15, 0.2) is 48.5 Å². The van der Waals surface area contributed by atoms with Crippen LogP contribution >= 0.6 is 23.2 Å². The Labute approximate surface area is 150 Å². The van der Waals surface area contributed by atoms with Gasteiger partial charge in [-0.2, -0.15) is 0 Å². The fraction of sp³-hybridized carbons (Fsp3) is 0.222. The van der Waals surface area contributed by atoms with Gasteiger partial charge in [0.2, 0.25) is 5.91 Å². The van der Waals surface area contributed by atoms with Crippen molar-refractivity contribution in [2.75, 3.05) is 18.0 Å². The summed E-state index contributed by atoms with van der Waals surface area (Å²) in [4.78, 5) is 28.6. The third-order valence-corrected chi connectivity index (χ3v) is 4.61. The quantitative estimate of drug-likeness (QED) is 0.813. The molecular formula is C18H16Cl2N2O2. The van der Waals surface area contributed by atoms with Gasteiger partial charge < -0.3 is 9.80 Å². The molecule has 0 aliphatic carbocycles. The number of rotatable bonds is 2. The third kappa shape index (κ3) is 3.25. The topological polar surface area (TPSA) is 40.6 Å². The first-order valence-corrected chi connectivity index (χ1v) is 8.36. The summed E-state index contributed by atoms with van der Waals surface area (Å²) in [6.07, 6.45) is 0. The second-order valence-electron chi connectivity index (χ2n) is 5.65. The van der Waals surface area contributed by atoms with Gasteiger partial charge in [0.25, 0.3) is 5.91 Å². The fourth-order valence-electron chi connectivity index (χ4n) is 2.81. The summed E-state index contributed by atoms with van der Waals surface area (Å²) in [5, 5.41) is 1.12. The van der Waals surface area contributed by atoms with E-state index >= 15 is 0 Å². The van der Waals surface area contributed by atoms with Gasteiger partial charge in [-0.05, 0) is 49.4 Å². The molecular weight excluding hydrogens is 347 g/mol. The molecule has 1 aliphatic heterocycles. The zero-order valence-corrected chi connectivity index (χ0v) is 14.6. The molecule has 1 atom stereocenters. The first-order chi connectivity index (χ1) is 11.5. The Kier molecular flexibility index (Phi) is 4.78. The number of carbonyl (C=O) groups is 2. The van der Waals surface area contributed by atoms with E-state index in [2.05, 4.69) is 0 Å². The summed E-state index contributed by atoms with van der Waals surface area (Å²) in [5.41, 5.74) is 1.27. The van der Waals surface area contributed by atoms with Gasteiger partial charge in [0.15, 0.2) is 0 Å². The highest BCUT2D eigenvalue weighted by Crippen LogP contribution is 2.24. The molecule has 0 saturated carbocycles. The van der Waals surface area contributed by atoms with E-state index in [4.69, 9.17) is 23.2 Å². The predicted octanol–water partition coefficient (Wildman–Crippen LogP) is 3.87. The second-order valence-corrected chi connectivity index (χ2v) is 6.52. The highest BCUT2D eigenvalue weighted by molar-refractivity contribution is 6.31. The van der Waals surface area contributed by atoms with E-state index < -0.39 is 6.04 Å². The molecule has 4 nitrogen and oxygen atoms in total. The molecule has 1 heterocycles. The van der Waals surface area contributed by atoms with Gasteiger partial charge in [-0.1, -0.05) is 29.3 Å². The summed E-state index contributed by atoms with van der Waals surface area (Å²) in [6.45, 7) is 2.64. The number of hydrogen-bond donors (Lipinski definition) is 0. The average molecular weight is 363 g/mol. The third-order valence-electron chi connectivity index (χ3n) is 4.13. The lowest BCUT2D eigenvalue weighted by atomic mass is 10.1. The Bertz CT molecular complexity index is 777. The number of hydrogen-bond acceptors (Lipinski definition) is 2. The standard InChI is InChI=1S/C18H16Cl2N2O2/c1-12-17(23)22(16-7-5-14(19)6-8-16)10-9-21(12)18(24)13-3-2-4-15(20)11-13/h2-8,11-12H,9-10H2,1H3. The molecule has 124 valence electrons. The first-order valence-electron chi connectivity index (χ1n) is 7.61. The Morgan fingerprint density at radius 2 is 1.75 bits per heavy atom. The summed E-state index contributed by atoms with van der Waals surface area (Å²) in [5.74, 6) is -0.298. The van der Waals surface area contributed by atoms with Crippen molar-refractivity contribution in [1.82, 2.24) is 4.90 Å². The maximum absolute atomic E-state index is 12.7. The molecule has 0 radical (unpaired) electrons. The van der Waals surface area contributed by atoms with Crippen molar-refractivity contribution >= 4 is 40.7 Å². The molecule has 3 rings (SSSR count). The van der Waals surface area contributed by atoms with E-state index in [-0.39, 0.29) is 11.8 Å². The first kappa shape index (κ1) is 16.8. The molecule has 0 N–H and O–H groups in total. The maximum Gasteiger partial charge on any atom is 0.254 e. The molecule has 1 aliphatic rings. The van der Waals surface area contributed by atoms with Crippen molar-refractivity contribution in [3.63, 3.8) is 0 Å².